The van der Waals surface area contributed by atoms with Crippen LogP contribution in [0.2, 0.25) is 0 Å². The van der Waals surface area contributed by atoms with Crippen LogP contribution in [0.1, 0.15) is 5.69 Å². The highest BCUT2D eigenvalue weighted by molar-refractivity contribution is 7.80. The maximum atomic E-state index is 5.71. The second kappa shape index (κ2) is 5.22. The lowest BCUT2D eigenvalue weighted by molar-refractivity contribution is 0.463. The van der Waals surface area contributed by atoms with E-state index in [2.05, 4.69) is 9.97 Å². The molecular weight excluding hydrogens is 270 g/mol. The number of thiocarbonyl (C=S) groups is 1. The number of nitrogens with zero attached hydrogens (tertiary/aromatic N) is 2. The van der Waals surface area contributed by atoms with Crippen molar-refractivity contribution in [1.29, 1.82) is 0 Å². The van der Waals surface area contributed by atoms with Crippen molar-refractivity contribution in [1.82, 2.24) is 9.97 Å². The van der Waals surface area contributed by atoms with Gasteiger partial charge in [0.1, 0.15) is 16.4 Å². The zero-order chi connectivity index (χ0) is 13.9. The smallest absolute Gasteiger partial charge is 0.219 e. The Balaban J connectivity index is 1.92. The molecule has 4 nitrogen and oxygen atoms in total. The largest absolute Gasteiger partial charge is 0.439 e. The van der Waals surface area contributed by atoms with Crippen molar-refractivity contribution < 1.29 is 4.74 Å². The van der Waals surface area contributed by atoms with Crippen LogP contribution < -0.4 is 10.5 Å². The highest BCUT2D eigenvalue weighted by Crippen LogP contribution is 2.23. The van der Waals surface area contributed by atoms with E-state index in [1.54, 1.807) is 24.4 Å². The number of aromatic nitrogens is 2. The third-order valence-corrected chi connectivity index (χ3v) is 2.98. The quantitative estimate of drug-likeness (QED) is 0.748. The summed E-state index contributed by atoms with van der Waals surface area (Å²) in [6, 6.07) is 14.9. The van der Waals surface area contributed by atoms with E-state index in [1.807, 2.05) is 30.3 Å². The van der Waals surface area contributed by atoms with Crippen molar-refractivity contribution in [2.75, 3.05) is 0 Å². The molecule has 0 amide bonds. The molecule has 0 saturated heterocycles. The second-order valence-corrected chi connectivity index (χ2v) is 4.63. The van der Waals surface area contributed by atoms with Gasteiger partial charge in [-0.3, -0.25) is 4.98 Å². The predicted molar refractivity (Wildman–Crippen MR) is 81.9 cm³/mol. The number of rotatable bonds is 3. The van der Waals surface area contributed by atoms with Gasteiger partial charge < -0.3 is 10.5 Å². The molecule has 0 saturated carbocycles. The number of fused-ring (bicyclic) bond motifs is 1. The van der Waals surface area contributed by atoms with E-state index >= 15 is 0 Å². The van der Waals surface area contributed by atoms with Crippen molar-refractivity contribution in [2.24, 2.45) is 5.73 Å². The van der Waals surface area contributed by atoms with Gasteiger partial charge in [-0.25, -0.2) is 4.98 Å². The first-order valence-corrected chi connectivity index (χ1v) is 6.43. The van der Waals surface area contributed by atoms with Crippen LogP contribution in [0.4, 0.5) is 0 Å². The van der Waals surface area contributed by atoms with E-state index in [1.165, 1.54) is 0 Å². The molecule has 0 spiro atoms. The van der Waals surface area contributed by atoms with E-state index in [0.29, 0.717) is 17.3 Å². The summed E-state index contributed by atoms with van der Waals surface area (Å²) < 4.78 is 5.71. The Morgan fingerprint density at radius 2 is 2.00 bits per heavy atom. The van der Waals surface area contributed by atoms with Gasteiger partial charge >= 0.3 is 0 Å². The Morgan fingerprint density at radius 1 is 1.10 bits per heavy atom. The van der Waals surface area contributed by atoms with Gasteiger partial charge in [-0.05, 0) is 24.3 Å². The van der Waals surface area contributed by atoms with Crippen LogP contribution in [-0.2, 0) is 0 Å². The number of hydrogen-bond acceptors (Lipinski definition) is 4. The number of hydrogen-bond donors (Lipinski definition) is 1. The van der Waals surface area contributed by atoms with Gasteiger partial charge in [0.2, 0.25) is 5.88 Å². The first kappa shape index (κ1) is 12.5. The van der Waals surface area contributed by atoms with Gasteiger partial charge in [0, 0.05) is 23.7 Å². The van der Waals surface area contributed by atoms with Crippen LogP contribution in [0.25, 0.3) is 10.9 Å². The Morgan fingerprint density at radius 3 is 2.85 bits per heavy atom. The Kier molecular flexibility index (Phi) is 3.26. The highest BCUT2D eigenvalue weighted by atomic mass is 32.1. The summed E-state index contributed by atoms with van der Waals surface area (Å²) in [4.78, 5) is 8.77. The predicted octanol–water partition coefficient (Wildman–Crippen LogP) is 3.06. The Hall–Kier alpha value is -2.53. The summed E-state index contributed by atoms with van der Waals surface area (Å²) in [5, 5.41) is 1.06. The zero-order valence-electron chi connectivity index (χ0n) is 10.5. The fourth-order valence-corrected chi connectivity index (χ4v) is 1.95. The second-order valence-electron chi connectivity index (χ2n) is 4.19. The fraction of sp³-hybridized carbons (Fsp3) is 0. The number of ether oxygens (including phenoxy) is 1. The monoisotopic (exact) mass is 281 g/mol. The molecule has 0 fully saturated rings. The first-order chi connectivity index (χ1) is 9.72. The molecule has 2 aromatic heterocycles. The van der Waals surface area contributed by atoms with Gasteiger partial charge in [0.15, 0.2) is 0 Å². The minimum Gasteiger partial charge on any atom is -0.439 e. The molecule has 2 N–H and O–H groups in total. The van der Waals surface area contributed by atoms with Crippen molar-refractivity contribution in [3.63, 3.8) is 0 Å². The Labute approximate surface area is 121 Å². The van der Waals surface area contributed by atoms with Crippen LogP contribution in [0.15, 0.2) is 54.7 Å². The zero-order valence-corrected chi connectivity index (χ0v) is 11.3. The van der Waals surface area contributed by atoms with Crippen LogP contribution in [0.5, 0.6) is 11.6 Å². The molecule has 0 aliphatic carbocycles. The van der Waals surface area contributed by atoms with E-state index in [-0.39, 0.29) is 4.99 Å². The lowest BCUT2D eigenvalue weighted by Gasteiger charge is -2.06. The topological polar surface area (TPSA) is 61.0 Å². The van der Waals surface area contributed by atoms with Crippen LogP contribution in [0.3, 0.4) is 0 Å². The molecule has 0 bridgehead atoms. The SMILES string of the molecule is NC(=S)c1cccc(Oc2ccc3cccnc3c2)n1. The Bertz CT molecular complexity index is 789. The van der Waals surface area contributed by atoms with Crippen LogP contribution in [-0.4, -0.2) is 15.0 Å². The summed E-state index contributed by atoms with van der Waals surface area (Å²) in [6.45, 7) is 0. The summed E-state index contributed by atoms with van der Waals surface area (Å²) in [6.07, 6.45) is 1.75. The number of nitrogens with two attached hydrogens (primary N) is 1. The maximum absolute atomic E-state index is 5.71. The highest BCUT2D eigenvalue weighted by Gasteiger charge is 2.03. The normalized spacial score (nSPS) is 10.4. The van der Waals surface area contributed by atoms with Crippen molar-refractivity contribution in [2.45, 2.75) is 0 Å². The van der Waals surface area contributed by atoms with Crippen molar-refractivity contribution in [3.8, 4) is 11.6 Å². The molecule has 0 unspecified atom stereocenters. The van der Waals surface area contributed by atoms with Crippen molar-refractivity contribution >= 4 is 28.1 Å². The molecule has 0 radical (unpaired) electrons. The van der Waals surface area contributed by atoms with Gasteiger partial charge in [0.25, 0.3) is 0 Å². The molecule has 0 aliphatic heterocycles. The van der Waals surface area contributed by atoms with Gasteiger partial charge in [-0.15, -0.1) is 0 Å². The fourth-order valence-electron chi connectivity index (χ4n) is 1.84. The van der Waals surface area contributed by atoms with E-state index in [4.69, 9.17) is 22.7 Å². The van der Waals surface area contributed by atoms with Crippen LogP contribution >= 0.6 is 12.2 Å². The average Bonchev–Trinajstić information content (AvgIpc) is 2.47. The molecule has 2 heterocycles. The van der Waals surface area contributed by atoms with Gasteiger partial charge in [-0.1, -0.05) is 24.4 Å². The summed E-state index contributed by atoms with van der Waals surface area (Å²) >= 11 is 4.90. The third-order valence-electron chi connectivity index (χ3n) is 2.78. The lowest BCUT2D eigenvalue weighted by atomic mass is 10.2. The molecule has 1 aromatic carbocycles. The average molecular weight is 281 g/mol. The van der Waals surface area contributed by atoms with E-state index < -0.39 is 0 Å². The molecule has 20 heavy (non-hydrogen) atoms. The third kappa shape index (κ3) is 2.57. The van der Waals surface area contributed by atoms with Crippen LogP contribution in [0, 0.1) is 0 Å². The molecule has 5 heteroatoms. The minimum absolute atomic E-state index is 0.246. The first-order valence-electron chi connectivity index (χ1n) is 6.02. The molecule has 3 aromatic rings. The molecule has 0 atom stereocenters. The van der Waals surface area contributed by atoms with E-state index in [9.17, 15) is 0 Å². The summed E-state index contributed by atoms with van der Waals surface area (Å²) in [5.74, 6) is 1.12. The molecule has 0 aliphatic rings. The lowest BCUT2D eigenvalue weighted by Crippen LogP contribution is -2.11. The number of pyridine rings is 2. The summed E-state index contributed by atoms with van der Waals surface area (Å²) in [5.41, 5.74) is 6.96. The van der Waals surface area contributed by atoms with Gasteiger partial charge in [-0.2, -0.15) is 0 Å². The van der Waals surface area contributed by atoms with E-state index in [0.717, 1.165) is 10.9 Å². The van der Waals surface area contributed by atoms with Crippen molar-refractivity contribution in [3.05, 3.63) is 60.4 Å². The summed E-state index contributed by atoms with van der Waals surface area (Å²) in [7, 11) is 0. The standard InChI is InChI=1S/C15H11N3OS/c16-15(20)12-4-1-5-14(18-12)19-11-7-6-10-3-2-8-17-13(10)9-11/h1-9H,(H2,16,20). The molecule has 98 valence electrons. The number of benzene rings is 1. The molecular formula is C15H11N3OS. The molecule has 3 rings (SSSR count). The minimum atomic E-state index is 0.246. The maximum Gasteiger partial charge on any atom is 0.219 e. The van der Waals surface area contributed by atoms with Gasteiger partial charge in [0.05, 0.1) is 5.52 Å².